The Hall–Kier alpha value is -5.61. The van der Waals surface area contributed by atoms with Crippen LogP contribution < -0.4 is 0 Å². The fourth-order valence-electron chi connectivity index (χ4n) is 10.9. The Bertz CT molecular complexity index is 2800. The number of allylic oxidation sites excluding steroid dienone is 32. The van der Waals surface area contributed by atoms with Crippen molar-refractivity contribution in [2.24, 2.45) is 0 Å². The number of phosphoric acid groups is 2. The summed E-state index contributed by atoms with van der Waals surface area (Å²) in [6.45, 7) is 2.29. The van der Waals surface area contributed by atoms with Crippen molar-refractivity contribution < 1.29 is 75.8 Å². The van der Waals surface area contributed by atoms with Gasteiger partial charge in [-0.2, -0.15) is 0 Å². The van der Waals surface area contributed by atoms with Crippen LogP contribution in [0, 0.1) is 0 Å². The molecule has 0 saturated heterocycles. The largest absolute Gasteiger partial charge is 0.472 e. The highest BCUT2D eigenvalue weighted by atomic mass is 31.2. The molecule has 0 aliphatic rings. The van der Waals surface area contributed by atoms with Gasteiger partial charge in [0.05, 0.1) is 26.4 Å². The van der Waals surface area contributed by atoms with Crippen LogP contribution in [-0.4, -0.2) is 95.9 Å². The highest BCUT2D eigenvalue weighted by Crippen LogP contribution is 2.45. The van der Waals surface area contributed by atoms with Crippen LogP contribution in [0.2, 0.25) is 0 Å². The van der Waals surface area contributed by atoms with Crippen LogP contribution in [0.5, 0.6) is 0 Å². The SMILES string of the molecule is CC/C=C\C/C=C\C/C=C\C/C=C\C/C=C\C/C=C\CCCCCCCCCCCCCCCCC(=O)OCC(O)COP(=O)(O)OCC(O)COP(=O)(O)OCC(COC(=O)CCCCCCCCC/C=C\C/C=C\C/C=C\C/C=C\C/C=C\CC)OC(=O)CCCCC/C=C\C/C=C\C/C=C\C/C=C\C/C=C\CC. The lowest BCUT2D eigenvalue weighted by atomic mass is 10.0. The highest BCUT2D eigenvalue weighted by Gasteiger charge is 2.29. The number of unbranched alkanes of at least 4 members (excludes halogenated alkanes) is 24. The minimum atomic E-state index is -4.96. The van der Waals surface area contributed by atoms with Crippen LogP contribution in [0.15, 0.2) is 194 Å². The lowest BCUT2D eigenvalue weighted by Crippen LogP contribution is -2.30. The van der Waals surface area contributed by atoms with Crippen LogP contribution in [0.1, 0.15) is 316 Å². The molecular weight excluding hydrogens is 1430 g/mol. The van der Waals surface area contributed by atoms with E-state index in [-0.39, 0.29) is 19.3 Å². The van der Waals surface area contributed by atoms with Gasteiger partial charge >= 0.3 is 33.6 Å². The Balaban J connectivity index is 4.58. The summed E-state index contributed by atoms with van der Waals surface area (Å²) >= 11 is 0. The van der Waals surface area contributed by atoms with E-state index in [0.717, 1.165) is 193 Å². The summed E-state index contributed by atoms with van der Waals surface area (Å²) in [5.74, 6) is -1.63. The van der Waals surface area contributed by atoms with Crippen LogP contribution >= 0.6 is 15.6 Å². The van der Waals surface area contributed by atoms with Crippen LogP contribution in [0.4, 0.5) is 0 Å². The maximum absolute atomic E-state index is 13.0. The first-order valence-electron chi connectivity index (χ1n) is 42.7. The third-order valence-corrected chi connectivity index (χ3v) is 19.2. The number of hydrogen-bond donors (Lipinski definition) is 4. The molecule has 0 spiro atoms. The van der Waals surface area contributed by atoms with Crippen LogP contribution in [-0.2, 0) is 55.8 Å². The standard InChI is InChI=1S/C93H152O16P2/c1-4-7-10-13-16-19-22-25-28-31-34-36-38-39-40-41-42-43-44-45-46-47-49-51-53-55-58-61-64-67-70-73-76-79-91(96)103-82-88(94)83-105-110(99,100)106-84-89(95)85-107-111(101,102)108-87-90(109-93(98)81-78-75-72-69-66-63-60-57-52-33-30-27-24-21-18-15-12-9-6-3)86-104-92(97)80-77-74-71-68-65-62-59-56-54-50-48-37-35-32-29-26-23-20-17-14-11-8-5-2/h7-12,16-21,25-30,34-37,39-40,42-43,50,52,54,57,63,66,88-90,94-95H,4-6,13-15,22-24,31-33,38,41,44-49,51,53,55-56,58-62,64-65,67-87H2,1-3H3,(H,99,100)(H,101,102)/b10-7-,11-8-,12-9-,19-16-,20-17-,21-18-,28-25-,29-26-,30-27-,36-34-,37-35-,40-39-,43-42-,54-50-,57-52-,66-63-. The zero-order valence-corrected chi connectivity index (χ0v) is 70.8. The molecule has 5 unspecified atom stereocenters. The van der Waals surface area contributed by atoms with Crippen molar-refractivity contribution in [1.82, 2.24) is 0 Å². The van der Waals surface area contributed by atoms with E-state index in [4.69, 9.17) is 32.3 Å². The third-order valence-electron chi connectivity index (χ3n) is 17.3. The summed E-state index contributed by atoms with van der Waals surface area (Å²) < 4.78 is 61.3. The van der Waals surface area contributed by atoms with Crippen molar-refractivity contribution in [1.29, 1.82) is 0 Å². The number of carbonyl (C=O) groups excluding carboxylic acids is 3. The minimum absolute atomic E-state index is 0.0559. The van der Waals surface area contributed by atoms with E-state index in [9.17, 15) is 43.5 Å². The van der Waals surface area contributed by atoms with Gasteiger partial charge in [-0.05, 0) is 161 Å². The number of rotatable bonds is 79. The smallest absolute Gasteiger partial charge is 0.463 e. The van der Waals surface area contributed by atoms with Gasteiger partial charge in [0.2, 0.25) is 0 Å². The monoisotopic (exact) mass is 1590 g/mol. The highest BCUT2D eigenvalue weighted by molar-refractivity contribution is 7.47. The molecule has 4 N–H and O–H groups in total. The van der Waals surface area contributed by atoms with E-state index in [1.54, 1.807) is 0 Å². The number of ether oxygens (including phenoxy) is 3. The van der Waals surface area contributed by atoms with Crippen molar-refractivity contribution in [2.75, 3.05) is 39.6 Å². The van der Waals surface area contributed by atoms with E-state index in [2.05, 4.69) is 215 Å². The Morgan fingerprint density at radius 3 is 0.721 bits per heavy atom. The van der Waals surface area contributed by atoms with Crippen molar-refractivity contribution in [3.05, 3.63) is 194 Å². The topological polar surface area (TPSA) is 231 Å². The number of esters is 3. The predicted octanol–water partition coefficient (Wildman–Crippen LogP) is 25.9. The summed E-state index contributed by atoms with van der Waals surface area (Å²) in [6, 6.07) is 0. The molecule has 0 bridgehead atoms. The molecule has 0 fully saturated rings. The van der Waals surface area contributed by atoms with Gasteiger partial charge in [-0.15, -0.1) is 0 Å². The summed E-state index contributed by atoms with van der Waals surface area (Å²) in [4.78, 5) is 58.8. The normalized spacial score (nSPS) is 14.8. The molecule has 0 aromatic rings. The molecule has 0 aromatic heterocycles. The van der Waals surface area contributed by atoms with Gasteiger partial charge < -0.3 is 34.2 Å². The molecule has 0 aliphatic carbocycles. The molecular formula is C93H152O16P2. The maximum Gasteiger partial charge on any atom is 0.472 e. The molecule has 0 heterocycles. The van der Waals surface area contributed by atoms with Gasteiger partial charge in [0.15, 0.2) is 6.10 Å². The number of phosphoric ester groups is 2. The first kappa shape index (κ1) is 105. The van der Waals surface area contributed by atoms with Crippen molar-refractivity contribution in [3.63, 3.8) is 0 Å². The van der Waals surface area contributed by atoms with Crippen LogP contribution in [0.3, 0.4) is 0 Å². The van der Waals surface area contributed by atoms with Gasteiger partial charge in [-0.25, -0.2) is 9.13 Å². The van der Waals surface area contributed by atoms with Gasteiger partial charge in [-0.1, -0.05) is 331 Å². The lowest BCUT2D eigenvalue weighted by molar-refractivity contribution is -0.161. The summed E-state index contributed by atoms with van der Waals surface area (Å²) in [7, 11) is -9.83. The van der Waals surface area contributed by atoms with Crippen molar-refractivity contribution in [2.45, 2.75) is 334 Å². The van der Waals surface area contributed by atoms with Crippen molar-refractivity contribution >= 4 is 33.6 Å². The zero-order valence-electron chi connectivity index (χ0n) is 69.1. The lowest BCUT2D eigenvalue weighted by Gasteiger charge is -2.21. The fraction of sp³-hybridized carbons (Fsp3) is 0.624. The molecule has 0 radical (unpaired) electrons. The number of aliphatic hydroxyl groups excluding tert-OH is 2. The second-order valence-corrected chi connectivity index (χ2v) is 30.7. The van der Waals surface area contributed by atoms with E-state index in [0.29, 0.717) is 19.3 Å². The average Bonchev–Trinajstić information content (AvgIpc) is 0.900. The van der Waals surface area contributed by atoms with Crippen molar-refractivity contribution in [3.8, 4) is 0 Å². The molecule has 0 rings (SSSR count). The van der Waals surface area contributed by atoms with Gasteiger partial charge in [-0.3, -0.25) is 32.5 Å². The Labute approximate surface area is 674 Å². The molecule has 16 nitrogen and oxygen atoms in total. The maximum atomic E-state index is 13.0. The Morgan fingerprint density at radius 2 is 0.450 bits per heavy atom. The number of aliphatic hydroxyl groups is 2. The second-order valence-electron chi connectivity index (χ2n) is 27.8. The minimum Gasteiger partial charge on any atom is -0.463 e. The summed E-state index contributed by atoms with van der Waals surface area (Å²) in [6.07, 6.45) is 110. The second kappa shape index (κ2) is 83.8. The molecule has 5 atom stereocenters. The van der Waals surface area contributed by atoms with E-state index >= 15 is 0 Å². The molecule has 18 heteroatoms. The Morgan fingerprint density at radius 1 is 0.252 bits per heavy atom. The van der Waals surface area contributed by atoms with Crippen LogP contribution in [0.25, 0.3) is 0 Å². The van der Waals surface area contributed by atoms with Gasteiger partial charge in [0.1, 0.15) is 25.4 Å². The first-order chi connectivity index (χ1) is 54.2. The quantitative estimate of drug-likeness (QED) is 0.0146. The first-order valence-corrected chi connectivity index (χ1v) is 45.7. The number of hydrogen-bond acceptors (Lipinski definition) is 14. The van der Waals surface area contributed by atoms with E-state index < -0.39 is 91.5 Å². The zero-order chi connectivity index (χ0) is 80.8. The summed E-state index contributed by atoms with van der Waals surface area (Å²) in [5.41, 5.74) is 0. The molecule has 0 aliphatic heterocycles. The molecule has 630 valence electrons. The third kappa shape index (κ3) is 85.1. The molecule has 111 heavy (non-hydrogen) atoms. The molecule has 0 aromatic carbocycles. The average molecular weight is 1590 g/mol. The van der Waals surface area contributed by atoms with Gasteiger partial charge in [0, 0.05) is 19.3 Å². The molecule has 0 amide bonds. The summed E-state index contributed by atoms with van der Waals surface area (Å²) in [5, 5.41) is 20.7. The Kier molecular flexibility index (Phi) is 79.6. The van der Waals surface area contributed by atoms with E-state index in [1.807, 2.05) is 0 Å². The fourth-order valence-corrected chi connectivity index (χ4v) is 12.5. The van der Waals surface area contributed by atoms with E-state index in [1.165, 1.54) is 64.2 Å². The number of carbonyl (C=O) groups is 3. The predicted molar refractivity (Wildman–Crippen MR) is 463 cm³/mol. The van der Waals surface area contributed by atoms with Gasteiger partial charge in [0.25, 0.3) is 0 Å². The molecule has 0 saturated carbocycles.